The van der Waals surface area contributed by atoms with Crippen LogP contribution in [-0.2, 0) is 23.1 Å². The number of ether oxygens (including phenoxy) is 1. The molecule has 0 rings (SSSR count). The second-order valence-electron chi connectivity index (χ2n) is 3.02. The van der Waals surface area contributed by atoms with Crippen molar-refractivity contribution in [1.82, 2.24) is 0 Å². The largest absolute Gasteiger partial charge is 0.465 e. The Bertz CT molecular complexity index is 286. The molecule has 0 atom stereocenters. The minimum atomic E-state index is -3.31. The topological polar surface area (TPSA) is 61.8 Å². The van der Waals surface area contributed by atoms with E-state index in [0.717, 1.165) is 6.42 Å². The standard InChI is InChI=1S/C10H17O5P/c1-4-5-6-7-8-15-10(11)9-16(12,13-2)14-3/h1H,5-9H2,2-3H3. The summed E-state index contributed by atoms with van der Waals surface area (Å²) < 4.78 is 25.6. The fourth-order valence-electron chi connectivity index (χ4n) is 0.923. The van der Waals surface area contributed by atoms with Gasteiger partial charge in [-0.15, -0.1) is 12.3 Å². The lowest BCUT2D eigenvalue weighted by atomic mass is 10.2. The molecule has 0 aliphatic rings. The van der Waals surface area contributed by atoms with Crippen LogP contribution in [0.2, 0.25) is 0 Å². The molecule has 0 aromatic carbocycles. The molecule has 0 aliphatic heterocycles. The molecule has 0 heterocycles. The molecule has 0 saturated carbocycles. The average molecular weight is 248 g/mol. The van der Waals surface area contributed by atoms with Crippen LogP contribution >= 0.6 is 7.60 Å². The van der Waals surface area contributed by atoms with Gasteiger partial charge in [-0.2, -0.15) is 0 Å². The van der Waals surface area contributed by atoms with Crippen LogP contribution in [0.1, 0.15) is 19.3 Å². The lowest BCUT2D eigenvalue weighted by molar-refractivity contribution is -0.140. The molecule has 0 aliphatic carbocycles. The first-order chi connectivity index (χ1) is 7.58. The highest BCUT2D eigenvalue weighted by molar-refractivity contribution is 7.54. The van der Waals surface area contributed by atoms with Crippen LogP contribution < -0.4 is 0 Å². The molecule has 0 N–H and O–H groups in total. The van der Waals surface area contributed by atoms with Crippen LogP contribution in [0.15, 0.2) is 0 Å². The Morgan fingerprint density at radius 3 is 2.44 bits per heavy atom. The molecule has 92 valence electrons. The first kappa shape index (κ1) is 15.2. The van der Waals surface area contributed by atoms with Crippen LogP contribution in [0.4, 0.5) is 0 Å². The quantitative estimate of drug-likeness (QED) is 0.284. The van der Waals surface area contributed by atoms with Crippen LogP contribution in [-0.4, -0.2) is 33.0 Å². The normalized spacial score (nSPS) is 10.8. The zero-order valence-corrected chi connectivity index (χ0v) is 10.5. The van der Waals surface area contributed by atoms with E-state index in [1.165, 1.54) is 14.2 Å². The minimum absolute atomic E-state index is 0.272. The molecule has 0 amide bonds. The molecule has 0 fully saturated rings. The van der Waals surface area contributed by atoms with E-state index in [0.29, 0.717) is 12.8 Å². The van der Waals surface area contributed by atoms with Crippen LogP contribution in [0.25, 0.3) is 0 Å². The summed E-state index contributed by atoms with van der Waals surface area (Å²) in [7, 11) is -0.852. The van der Waals surface area contributed by atoms with Gasteiger partial charge in [0, 0.05) is 20.6 Å². The van der Waals surface area contributed by atoms with Crippen LogP contribution in [0.3, 0.4) is 0 Å². The lowest BCUT2D eigenvalue weighted by Gasteiger charge is -2.12. The zero-order valence-electron chi connectivity index (χ0n) is 9.60. The van der Waals surface area contributed by atoms with Crippen molar-refractivity contribution in [3.05, 3.63) is 0 Å². The smallest absolute Gasteiger partial charge is 0.341 e. The van der Waals surface area contributed by atoms with E-state index in [2.05, 4.69) is 15.0 Å². The highest BCUT2D eigenvalue weighted by Crippen LogP contribution is 2.45. The van der Waals surface area contributed by atoms with Gasteiger partial charge in [0.15, 0.2) is 0 Å². The highest BCUT2D eigenvalue weighted by atomic mass is 31.2. The van der Waals surface area contributed by atoms with E-state index < -0.39 is 13.6 Å². The SMILES string of the molecule is C#CCCCCOC(=O)CP(=O)(OC)OC. The number of carbonyl (C=O) groups excluding carboxylic acids is 1. The van der Waals surface area contributed by atoms with Gasteiger partial charge in [0.1, 0.15) is 6.16 Å². The van der Waals surface area contributed by atoms with Crippen molar-refractivity contribution in [3.63, 3.8) is 0 Å². The number of terminal acetylenes is 1. The van der Waals surface area contributed by atoms with Crippen molar-refractivity contribution in [1.29, 1.82) is 0 Å². The first-order valence-electron chi connectivity index (χ1n) is 4.87. The van der Waals surface area contributed by atoms with Crippen molar-refractivity contribution in [2.45, 2.75) is 19.3 Å². The van der Waals surface area contributed by atoms with Gasteiger partial charge in [-0.25, -0.2) is 0 Å². The molecular formula is C10H17O5P. The summed E-state index contributed by atoms with van der Waals surface area (Å²) in [6.45, 7) is 0.272. The maximum absolute atomic E-state index is 11.5. The third-order valence-electron chi connectivity index (χ3n) is 1.86. The minimum Gasteiger partial charge on any atom is -0.465 e. The third kappa shape index (κ3) is 6.62. The fraction of sp³-hybridized carbons (Fsp3) is 0.700. The second kappa shape index (κ2) is 8.35. The number of esters is 1. The molecule has 6 heteroatoms. The Balaban J connectivity index is 3.75. The summed E-state index contributed by atoms with van der Waals surface area (Å²) >= 11 is 0. The van der Waals surface area contributed by atoms with Gasteiger partial charge < -0.3 is 13.8 Å². The summed E-state index contributed by atoms with van der Waals surface area (Å²) in [5.74, 6) is 1.90. The van der Waals surface area contributed by atoms with E-state index in [4.69, 9.17) is 11.2 Å². The first-order valence-corrected chi connectivity index (χ1v) is 6.60. The molecule has 0 unspecified atom stereocenters. The molecule has 5 nitrogen and oxygen atoms in total. The summed E-state index contributed by atoms with van der Waals surface area (Å²) in [4.78, 5) is 11.2. The Hall–Kier alpha value is -0.820. The van der Waals surface area contributed by atoms with Gasteiger partial charge >= 0.3 is 13.6 Å². The van der Waals surface area contributed by atoms with Crippen LogP contribution in [0, 0.1) is 12.3 Å². The highest BCUT2D eigenvalue weighted by Gasteiger charge is 2.26. The Kier molecular flexibility index (Phi) is 7.92. The zero-order chi connectivity index (χ0) is 12.4. The molecule has 0 aromatic heterocycles. The number of hydrogen-bond acceptors (Lipinski definition) is 5. The Labute approximate surface area is 96.0 Å². The maximum Gasteiger partial charge on any atom is 0.341 e. The Morgan fingerprint density at radius 1 is 1.31 bits per heavy atom. The van der Waals surface area contributed by atoms with Gasteiger partial charge in [0.25, 0.3) is 0 Å². The van der Waals surface area contributed by atoms with Crippen molar-refractivity contribution in [2.75, 3.05) is 27.0 Å². The summed E-state index contributed by atoms with van der Waals surface area (Å²) in [6, 6.07) is 0. The number of carbonyl (C=O) groups is 1. The molecule has 16 heavy (non-hydrogen) atoms. The van der Waals surface area contributed by atoms with E-state index in [-0.39, 0.29) is 12.8 Å². The molecule has 0 saturated heterocycles. The van der Waals surface area contributed by atoms with Gasteiger partial charge in [0.05, 0.1) is 6.61 Å². The van der Waals surface area contributed by atoms with Gasteiger partial charge in [-0.3, -0.25) is 9.36 Å². The third-order valence-corrected chi connectivity index (χ3v) is 3.62. The lowest BCUT2D eigenvalue weighted by Crippen LogP contribution is -2.12. The van der Waals surface area contributed by atoms with Crippen molar-refractivity contribution in [2.24, 2.45) is 0 Å². The second-order valence-corrected chi connectivity index (χ2v) is 5.28. The number of unbranched alkanes of at least 4 members (excludes halogenated alkanes) is 2. The molecule has 0 aromatic rings. The van der Waals surface area contributed by atoms with Gasteiger partial charge in [-0.05, 0) is 12.8 Å². The van der Waals surface area contributed by atoms with Crippen molar-refractivity contribution >= 4 is 13.6 Å². The number of hydrogen-bond donors (Lipinski definition) is 0. The maximum atomic E-state index is 11.5. The van der Waals surface area contributed by atoms with E-state index >= 15 is 0 Å². The summed E-state index contributed by atoms with van der Waals surface area (Å²) in [6.07, 6.45) is 6.85. The van der Waals surface area contributed by atoms with E-state index in [1.54, 1.807) is 0 Å². The predicted molar refractivity (Wildman–Crippen MR) is 60.1 cm³/mol. The van der Waals surface area contributed by atoms with Crippen LogP contribution in [0.5, 0.6) is 0 Å². The van der Waals surface area contributed by atoms with E-state index in [1.807, 2.05) is 0 Å². The average Bonchev–Trinajstić information content (AvgIpc) is 2.28. The van der Waals surface area contributed by atoms with Gasteiger partial charge in [-0.1, -0.05) is 0 Å². The molecular weight excluding hydrogens is 231 g/mol. The van der Waals surface area contributed by atoms with E-state index in [9.17, 15) is 9.36 Å². The molecule has 0 spiro atoms. The van der Waals surface area contributed by atoms with Crippen molar-refractivity contribution < 1.29 is 23.1 Å². The summed E-state index contributed by atoms with van der Waals surface area (Å²) in [5, 5.41) is 0. The monoisotopic (exact) mass is 248 g/mol. The summed E-state index contributed by atoms with van der Waals surface area (Å²) in [5.41, 5.74) is 0. The van der Waals surface area contributed by atoms with Gasteiger partial charge in [0.2, 0.25) is 0 Å². The van der Waals surface area contributed by atoms with Crippen molar-refractivity contribution in [3.8, 4) is 12.3 Å². The predicted octanol–water partition coefficient (Wildman–Crippen LogP) is 1.82. The molecule has 0 radical (unpaired) electrons. The Morgan fingerprint density at radius 2 is 1.94 bits per heavy atom. The fourth-order valence-corrected chi connectivity index (χ4v) is 1.74. The molecule has 0 bridgehead atoms. The number of rotatable bonds is 8.